The van der Waals surface area contributed by atoms with Crippen molar-refractivity contribution in [3.05, 3.63) is 28.0 Å². The van der Waals surface area contributed by atoms with E-state index >= 15 is 0 Å². The van der Waals surface area contributed by atoms with Crippen LogP contribution in [0.1, 0.15) is 31.1 Å². The van der Waals surface area contributed by atoms with Gasteiger partial charge in [-0.05, 0) is 29.3 Å². The van der Waals surface area contributed by atoms with Gasteiger partial charge in [0.05, 0.1) is 29.0 Å². The molecule has 0 aromatic carbocycles. The molecule has 2 aromatic rings. The number of nitrogens with zero attached hydrogens (tertiary/aromatic N) is 5. The minimum Gasteiger partial charge on any atom is -0.324 e. The van der Waals surface area contributed by atoms with Crippen LogP contribution in [0.3, 0.4) is 0 Å². The summed E-state index contributed by atoms with van der Waals surface area (Å²) in [6.07, 6.45) is 2.61. The van der Waals surface area contributed by atoms with Gasteiger partial charge in [0.15, 0.2) is 5.82 Å². The first kappa shape index (κ1) is 13.2. The lowest BCUT2D eigenvalue weighted by Crippen LogP contribution is -2.09. The van der Waals surface area contributed by atoms with Crippen LogP contribution in [0.4, 0.5) is 0 Å². The van der Waals surface area contributed by atoms with Crippen molar-refractivity contribution in [2.75, 3.05) is 0 Å². The van der Waals surface area contributed by atoms with Gasteiger partial charge in [-0.2, -0.15) is 10.2 Å². The van der Waals surface area contributed by atoms with Crippen LogP contribution in [0, 0.1) is 0 Å². The summed E-state index contributed by atoms with van der Waals surface area (Å²) in [6, 6.07) is 0. The maximum absolute atomic E-state index is 5.50. The Morgan fingerprint density at radius 2 is 2.11 bits per heavy atom. The van der Waals surface area contributed by atoms with Gasteiger partial charge >= 0.3 is 0 Å². The van der Waals surface area contributed by atoms with Crippen molar-refractivity contribution in [3.8, 4) is 0 Å². The van der Waals surface area contributed by atoms with Crippen molar-refractivity contribution in [1.29, 1.82) is 0 Å². The second kappa shape index (κ2) is 5.62. The molecule has 0 saturated heterocycles. The van der Waals surface area contributed by atoms with Gasteiger partial charge in [0.1, 0.15) is 6.33 Å². The van der Waals surface area contributed by atoms with Crippen LogP contribution in [0.5, 0.6) is 0 Å². The fourth-order valence-corrected chi connectivity index (χ4v) is 2.51. The predicted molar refractivity (Wildman–Crippen MR) is 72.0 cm³/mol. The molecule has 2 aromatic heterocycles. The van der Waals surface area contributed by atoms with E-state index in [1.54, 1.807) is 11.0 Å². The molecule has 98 valence electrons. The highest BCUT2D eigenvalue weighted by Crippen LogP contribution is 2.22. The zero-order valence-electron chi connectivity index (χ0n) is 10.6. The quantitative estimate of drug-likeness (QED) is 0.903. The molecule has 18 heavy (non-hydrogen) atoms. The van der Waals surface area contributed by atoms with Gasteiger partial charge < -0.3 is 5.73 Å². The zero-order chi connectivity index (χ0) is 13.1. The van der Waals surface area contributed by atoms with Crippen molar-refractivity contribution in [1.82, 2.24) is 24.5 Å². The van der Waals surface area contributed by atoms with Gasteiger partial charge in [0, 0.05) is 6.54 Å². The van der Waals surface area contributed by atoms with Crippen molar-refractivity contribution in [3.63, 3.8) is 0 Å². The summed E-state index contributed by atoms with van der Waals surface area (Å²) < 4.78 is 4.85. The number of aromatic nitrogens is 5. The maximum atomic E-state index is 5.50. The molecule has 0 spiro atoms. The Morgan fingerprint density at radius 3 is 2.67 bits per heavy atom. The SMILES string of the molecule is CCc1nn(CC)c(Cn2cnc(CN)n2)c1Br. The van der Waals surface area contributed by atoms with Crippen LogP contribution < -0.4 is 5.73 Å². The van der Waals surface area contributed by atoms with Gasteiger partial charge in [-0.25, -0.2) is 9.67 Å². The molecule has 0 aliphatic rings. The summed E-state index contributed by atoms with van der Waals surface area (Å²) in [5, 5.41) is 8.85. The fourth-order valence-electron chi connectivity index (χ4n) is 1.82. The Kier molecular flexibility index (Phi) is 4.13. The normalized spacial score (nSPS) is 11.1. The Labute approximate surface area is 114 Å². The first-order valence-corrected chi connectivity index (χ1v) is 6.81. The van der Waals surface area contributed by atoms with E-state index in [1.807, 2.05) is 4.68 Å². The van der Waals surface area contributed by atoms with Crippen LogP contribution >= 0.6 is 15.9 Å². The zero-order valence-corrected chi connectivity index (χ0v) is 12.2. The van der Waals surface area contributed by atoms with Gasteiger partial charge in [-0.1, -0.05) is 6.92 Å². The summed E-state index contributed by atoms with van der Waals surface area (Å²) >= 11 is 3.61. The first-order valence-electron chi connectivity index (χ1n) is 6.02. The molecule has 2 rings (SSSR count). The molecule has 0 amide bonds. The molecular formula is C11H17BrN6. The minimum absolute atomic E-state index is 0.363. The second-order valence-corrected chi connectivity index (χ2v) is 4.73. The van der Waals surface area contributed by atoms with Crippen LogP contribution in [-0.4, -0.2) is 24.5 Å². The summed E-state index contributed by atoms with van der Waals surface area (Å²) in [5.41, 5.74) is 7.69. The predicted octanol–water partition coefficient (Wildman–Crippen LogP) is 1.33. The average Bonchev–Trinajstić information content (AvgIpc) is 2.96. The van der Waals surface area contributed by atoms with Crippen molar-refractivity contribution in [2.24, 2.45) is 5.73 Å². The van der Waals surface area contributed by atoms with Crippen molar-refractivity contribution >= 4 is 15.9 Å². The van der Waals surface area contributed by atoms with Crippen LogP contribution in [0.2, 0.25) is 0 Å². The van der Waals surface area contributed by atoms with E-state index in [-0.39, 0.29) is 0 Å². The van der Waals surface area contributed by atoms with E-state index in [4.69, 9.17) is 5.73 Å². The molecule has 0 bridgehead atoms. The summed E-state index contributed by atoms with van der Waals surface area (Å²) in [7, 11) is 0. The van der Waals surface area contributed by atoms with Gasteiger partial charge in [0.25, 0.3) is 0 Å². The first-order chi connectivity index (χ1) is 8.69. The molecule has 0 radical (unpaired) electrons. The van der Waals surface area contributed by atoms with E-state index in [0.717, 1.165) is 28.8 Å². The number of nitrogens with two attached hydrogens (primary N) is 1. The fraction of sp³-hybridized carbons (Fsp3) is 0.545. The molecule has 2 N–H and O–H groups in total. The van der Waals surface area contributed by atoms with Gasteiger partial charge in [-0.15, -0.1) is 0 Å². The monoisotopic (exact) mass is 312 g/mol. The Morgan fingerprint density at radius 1 is 1.33 bits per heavy atom. The average molecular weight is 313 g/mol. The van der Waals surface area contributed by atoms with Gasteiger partial charge in [0.2, 0.25) is 0 Å². The van der Waals surface area contributed by atoms with Crippen molar-refractivity contribution < 1.29 is 0 Å². The van der Waals surface area contributed by atoms with Crippen LogP contribution in [0.15, 0.2) is 10.8 Å². The number of halogens is 1. The lowest BCUT2D eigenvalue weighted by Gasteiger charge is -2.05. The standard InChI is InChI=1S/C11H17BrN6/c1-3-8-11(12)9(18(4-2)15-8)6-17-7-14-10(5-13)16-17/h7H,3-6,13H2,1-2H3. The highest BCUT2D eigenvalue weighted by Gasteiger charge is 2.14. The minimum atomic E-state index is 0.363. The highest BCUT2D eigenvalue weighted by atomic mass is 79.9. The molecular weight excluding hydrogens is 296 g/mol. The highest BCUT2D eigenvalue weighted by molar-refractivity contribution is 9.10. The number of rotatable bonds is 5. The summed E-state index contributed by atoms with van der Waals surface area (Å²) in [6.45, 7) is 6.02. The second-order valence-electron chi connectivity index (χ2n) is 3.94. The maximum Gasteiger partial charge on any atom is 0.164 e. The number of aryl methyl sites for hydroxylation is 2. The smallest absolute Gasteiger partial charge is 0.164 e. The topological polar surface area (TPSA) is 74.5 Å². The molecule has 6 nitrogen and oxygen atoms in total. The molecule has 0 fully saturated rings. The summed E-state index contributed by atoms with van der Waals surface area (Å²) in [5.74, 6) is 0.657. The Balaban J connectivity index is 2.29. The molecule has 0 unspecified atom stereocenters. The lowest BCUT2D eigenvalue weighted by molar-refractivity contribution is 0.569. The van der Waals surface area contributed by atoms with E-state index < -0.39 is 0 Å². The molecule has 0 aliphatic heterocycles. The lowest BCUT2D eigenvalue weighted by atomic mass is 10.3. The van der Waals surface area contributed by atoms with Gasteiger partial charge in [-0.3, -0.25) is 4.68 Å². The molecule has 0 aliphatic carbocycles. The number of hydrogen-bond donors (Lipinski definition) is 1. The van der Waals surface area contributed by atoms with E-state index in [0.29, 0.717) is 18.9 Å². The van der Waals surface area contributed by atoms with E-state index in [1.165, 1.54) is 0 Å². The molecule has 0 atom stereocenters. The Bertz CT molecular complexity index is 530. The van der Waals surface area contributed by atoms with Crippen LogP contribution in [0.25, 0.3) is 0 Å². The van der Waals surface area contributed by atoms with Crippen molar-refractivity contribution in [2.45, 2.75) is 39.9 Å². The van der Waals surface area contributed by atoms with E-state index in [2.05, 4.69) is 45.0 Å². The van der Waals surface area contributed by atoms with Crippen LogP contribution in [-0.2, 0) is 26.1 Å². The third kappa shape index (κ3) is 2.46. The molecule has 2 heterocycles. The Hall–Kier alpha value is -1.21. The molecule has 0 saturated carbocycles. The number of hydrogen-bond acceptors (Lipinski definition) is 4. The largest absolute Gasteiger partial charge is 0.324 e. The third-order valence-corrected chi connectivity index (χ3v) is 3.69. The third-order valence-electron chi connectivity index (χ3n) is 2.77. The molecule has 7 heteroatoms. The summed E-state index contributed by atoms with van der Waals surface area (Å²) in [4.78, 5) is 4.12. The van der Waals surface area contributed by atoms with E-state index in [9.17, 15) is 0 Å².